The fourth-order valence-electron chi connectivity index (χ4n) is 1.79. The number of aryl methyl sites for hydroxylation is 1. The Balaban J connectivity index is 2.66. The lowest BCUT2D eigenvalue weighted by molar-refractivity contribution is -0.136. The molecule has 0 amide bonds. The number of para-hydroxylation sites is 1. The van der Waals surface area contributed by atoms with E-state index in [0.717, 1.165) is 5.39 Å². The first-order chi connectivity index (χ1) is 7.63. The van der Waals surface area contributed by atoms with Crippen molar-refractivity contribution in [1.29, 1.82) is 0 Å². The summed E-state index contributed by atoms with van der Waals surface area (Å²) in [6.07, 6.45) is -0.0357. The van der Waals surface area contributed by atoms with Crippen molar-refractivity contribution in [1.82, 2.24) is 0 Å². The van der Waals surface area contributed by atoms with Crippen molar-refractivity contribution < 1.29 is 19.1 Å². The highest BCUT2D eigenvalue weighted by atomic mass is 16.5. The summed E-state index contributed by atoms with van der Waals surface area (Å²) in [5, 5.41) is 9.63. The average molecular weight is 220 g/mol. The number of ether oxygens (including phenoxy) is 1. The molecule has 4 heteroatoms. The molecule has 16 heavy (non-hydrogen) atoms. The predicted octanol–water partition coefficient (Wildman–Crippen LogP) is 2.38. The van der Waals surface area contributed by atoms with Gasteiger partial charge >= 0.3 is 5.97 Å². The van der Waals surface area contributed by atoms with Gasteiger partial charge in [0.1, 0.15) is 5.76 Å². The van der Waals surface area contributed by atoms with Crippen LogP contribution in [0.5, 0.6) is 5.75 Å². The van der Waals surface area contributed by atoms with E-state index in [2.05, 4.69) is 0 Å². The zero-order valence-electron chi connectivity index (χ0n) is 9.11. The van der Waals surface area contributed by atoms with Crippen LogP contribution in [0.1, 0.15) is 11.3 Å². The van der Waals surface area contributed by atoms with Crippen molar-refractivity contribution in [3.8, 4) is 5.75 Å². The molecule has 1 aromatic carbocycles. The van der Waals surface area contributed by atoms with Gasteiger partial charge in [-0.2, -0.15) is 0 Å². The van der Waals surface area contributed by atoms with Gasteiger partial charge in [0.25, 0.3) is 0 Å². The summed E-state index contributed by atoms with van der Waals surface area (Å²) in [6.45, 7) is 1.76. The van der Waals surface area contributed by atoms with Gasteiger partial charge in [-0.3, -0.25) is 4.79 Å². The number of rotatable bonds is 3. The lowest BCUT2D eigenvalue weighted by Gasteiger charge is -1.99. The third-order valence-electron chi connectivity index (χ3n) is 2.53. The molecular formula is C12H12O4. The molecule has 0 bridgehead atoms. The number of furan rings is 1. The van der Waals surface area contributed by atoms with E-state index in [-0.39, 0.29) is 6.42 Å². The second-order valence-corrected chi connectivity index (χ2v) is 3.54. The monoisotopic (exact) mass is 220 g/mol. The lowest BCUT2D eigenvalue weighted by atomic mass is 10.1. The van der Waals surface area contributed by atoms with E-state index in [9.17, 15) is 4.79 Å². The van der Waals surface area contributed by atoms with Crippen LogP contribution in [0.4, 0.5) is 0 Å². The van der Waals surface area contributed by atoms with E-state index in [1.165, 1.54) is 0 Å². The van der Waals surface area contributed by atoms with Crippen LogP contribution in [0.25, 0.3) is 11.0 Å². The average Bonchev–Trinajstić information content (AvgIpc) is 2.55. The maximum absolute atomic E-state index is 10.7. The molecule has 1 heterocycles. The molecule has 0 spiro atoms. The minimum atomic E-state index is -0.867. The Morgan fingerprint density at radius 2 is 2.25 bits per heavy atom. The quantitative estimate of drug-likeness (QED) is 0.862. The molecule has 0 fully saturated rings. The first kappa shape index (κ1) is 10.5. The third kappa shape index (κ3) is 1.62. The van der Waals surface area contributed by atoms with Crippen molar-refractivity contribution in [2.24, 2.45) is 0 Å². The predicted molar refractivity (Wildman–Crippen MR) is 58.8 cm³/mol. The topological polar surface area (TPSA) is 59.7 Å². The number of benzene rings is 1. The van der Waals surface area contributed by atoms with Gasteiger partial charge in [-0.1, -0.05) is 12.1 Å². The van der Waals surface area contributed by atoms with Crippen LogP contribution in [0, 0.1) is 6.92 Å². The molecule has 0 aliphatic carbocycles. The van der Waals surface area contributed by atoms with E-state index in [4.69, 9.17) is 14.3 Å². The van der Waals surface area contributed by atoms with Gasteiger partial charge in [0, 0.05) is 10.9 Å². The van der Waals surface area contributed by atoms with Crippen LogP contribution in [-0.4, -0.2) is 18.2 Å². The van der Waals surface area contributed by atoms with Gasteiger partial charge in [0.15, 0.2) is 11.3 Å². The van der Waals surface area contributed by atoms with Gasteiger partial charge in [0.2, 0.25) is 0 Å². The van der Waals surface area contributed by atoms with Crippen LogP contribution in [0.15, 0.2) is 22.6 Å². The molecule has 0 saturated carbocycles. The van der Waals surface area contributed by atoms with E-state index in [1.807, 2.05) is 12.1 Å². The molecule has 2 rings (SSSR count). The molecule has 0 saturated heterocycles. The summed E-state index contributed by atoms with van der Waals surface area (Å²) in [6, 6.07) is 5.45. The number of carboxylic acids is 1. The number of aliphatic carboxylic acids is 1. The Morgan fingerprint density at radius 1 is 1.50 bits per heavy atom. The van der Waals surface area contributed by atoms with E-state index in [1.54, 1.807) is 20.1 Å². The summed E-state index contributed by atoms with van der Waals surface area (Å²) in [4.78, 5) is 10.7. The summed E-state index contributed by atoms with van der Waals surface area (Å²) >= 11 is 0. The second kappa shape index (κ2) is 3.89. The van der Waals surface area contributed by atoms with E-state index in [0.29, 0.717) is 22.7 Å². The fourth-order valence-corrected chi connectivity index (χ4v) is 1.79. The van der Waals surface area contributed by atoms with Crippen molar-refractivity contribution in [3.63, 3.8) is 0 Å². The molecule has 0 aliphatic rings. The van der Waals surface area contributed by atoms with Crippen LogP contribution >= 0.6 is 0 Å². The number of hydrogen-bond acceptors (Lipinski definition) is 3. The normalized spacial score (nSPS) is 10.6. The molecular weight excluding hydrogens is 208 g/mol. The Labute approximate surface area is 92.4 Å². The molecule has 1 N–H and O–H groups in total. The van der Waals surface area contributed by atoms with E-state index < -0.39 is 5.97 Å². The van der Waals surface area contributed by atoms with Gasteiger partial charge in [-0.15, -0.1) is 0 Å². The Kier molecular flexibility index (Phi) is 2.56. The molecule has 0 unspecified atom stereocenters. The summed E-state index contributed by atoms with van der Waals surface area (Å²) in [7, 11) is 1.56. The lowest BCUT2D eigenvalue weighted by Crippen LogP contribution is -2.00. The number of carbonyl (C=O) groups is 1. The summed E-state index contributed by atoms with van der Waals surface area (Å²) in [5.41, 5.74) is 1.32. The zero-order chi connectivity index (χ0) is 11.7. The number of carboxylic acid groups (broad SMARTS) is 1. The van der Waals surface area contributed by atoms with Crippen LogP contribution in [0.3, 0.4) is 0 Å². The summed E-state index contributed by atoms with van der Waals surface area (Å²) < 4.78 is 10.7. The van der Waals surface area contributed by atoms with E-state index >= 15 is 0 Å². The van der Waals surface area contributed by atoms with Crippen molar-refractivity contribution >= 4 is 16.9 Å². The maximum Gasteiger partial charge on any atom is 0.307 e. The minimum Gasteiger partial charge on any atom is -0.493 e. The highest BCUT2D eigenvalue weighted by Gasteiger charge is 2.16. The van der Waals surface area contributed by atoms with Crippen LogP contribution < -0.4 is 4.74 Å². The van der Waals surface area contributed by atoms with Crippen molar-refractivity contribution in [2.75, 3.05) is 7.11 Å². The Bertz CT molecular complexity index is 539. The first-order valence-electron chi connectivity index (χ1n) is 4.90. The molecule has 2 aromatic rings. The maximum atomic E-state index is 10.7. The third-order valence-corrected chi connectivity index (χ3v) is 2.53. The Hall–Kier alpha value is -1.97. The van der Waals surface area contributed by atoms with Crippen molar-refractivity contribution in [3.05, 3.63) is 29.5 Å². The van der Waals surface area contributed by atoms with Gasteiger partial charge in [-0.25, -0.2) is 0 Å². The van der Waals surface area contributed by atoms with Gasteiger partial charge < -0.3 is 14.3 Å². The highest BCUT2D eigenvalue weighted by molar-refractivity contribution is 5.90. The van der Waals surface area contributed by atoms with Crippen molar-refractivity contribution in [2.45, 2.75) is 13.3 Å². The molecule has 0 atom stereocenters. The largest absolute Gasteiger partial charge is 0.493 e. The number of hydrogen-bond donors (Lipinski definition) is 1. The number of fused-ring (bicyclic) bond motifs is 1. The summed E-state index contributed by atoms with van der Waals surface area (Å²) in [5.74, 6) is 0.382. The van der Waals surface area contributed by atoms with Gasteiger partial charge in [-0.05, 0) is 13.0 Å². The minimum absolute atomic E-state index is 0.0357. The van der Waals surface area contributed by atoms with Crippen LogP contribution in [0.2, 0.25) is 0 Å². The first-order valence-corrected chi connectivity index (χ1v) is 4.90. The number of methoxy groups -OCH3 is 1. The molecule has 84 valence electrons. The molecule has 4 nitrogen and oxygen atoms in total. The second-order valence-electron chi connectivity index (χ2n) is 3.54. The molecule has 0 aliphatic heterocycles. The smallest absolute Gasteiger partial charge is 0.307 e. The molecule has 1 aromatic heterocycles. The molecule has 0 radical (unpaired) electrons. The van der Waals surface area contributed by atoms with Crippen LogP contribution in [-0.2, 0) is 11.2 Å². The van der Waals surface area contributed by atoms with Gasteiger partial charge in [0.05, 0.1) is 13.5 Å². The Morgan fingerprint density at radius 3 is 2.88 bits per heavy atom. The standard InChI is InChI=1S/C12H12O4/c1-7-9(6-11(13)14)8-4-3-5-10(15-2)12(8)16-7/h3-5H,6H2,1-2H3,(H,13,14). The fraction of sp³-hybridized carbons (Fsp3) is 0.250. The SMILES string of the molecule is COc1cccc2c(CC(=O)O)c(C)oc12. The highest BCUT2D eigenvalue weighted by Crippen LogP contribution is 2.32. The zero-order valence-corrected chi connectivity index (χ0v) is 9.11.